The molecule has 3 nitrogen and oxygen atoms in total. The van der Waals surface area contributed by atoms with E-state index in [1.165, 1.54) is 0 Å². The molecule has 1 saturated heterocycles. The van der Waals surface area contributed by atoms with Crippen LogP contribution in [0, 0.1) is 0 Å². The lowest BCUT2D eigenvalue weighted by atomic mass is 10.1. The van der Waals surface area contributed by atoms with Gasteiger partial charge in [0.1, 0.15) is 0 Å². The molecule has 1 unspecified atom stereocenters. The van der Waals surface area contributed by atoms with E-state index >= 15 is 0 Å². The normalized spacial score (nSPS) is 20.3. The zero-order valence-electron chi connectivity index (χ0n) is 11.0. The van der Waals surface area contributed by atoms with Gasteiger partial charge in [0, 0.05) is 22.0 Å². The van der Waals surface area contributed by atoms with Gasteiger partial charge in [0.2, 0.25) is 0 Å². The molecule has 1 aromatic carbocycles. The number of rotatable bonds is 3. The van der Waals surface area contributed by atoms with E-state index in [2.05, 4.69) is 45.7 Å². The van der Waals surface area contributed by atoms with Crippen molar-refractivity contribution >= 4 is 34.5 Å². The Morgan fingerprint density at radius 2 is 2.37 bits per heavy atom. The van der Waals surface area contributed by atoms with Crippen LogP contribution in [0.15, 0.2) is 27.6 Å². The first-order valence-electron chi connectivity index (χ1n) is 6.62. The van der Waals surface area contributed by atoms with Crippen molar-refractivity contribution in [2.45, 2.75) is 30.7 Å². The molecule has 0 bridgehead atoms. The lowest BCUT2D eigenvalue weighted by molar-refractivity contribution is 0.0905. The molecule has 0 radical (unpaired) electrons. The van der Waals surface area contributed by atoms with Gasteiger partial charge in [-0.2, -0.15) is 0 Å². The third-order valence-electron chi connectivity index (χ3n) is 3.48. The van der Waals surface area contributed by atoms with Gasteiger partial charge in [-0.15, -0.1) is 12.6 Å². The van der Waals surface area contributed by atoms with Crippen molar-refractivity contribution in [3.05, 3.63) is 28.2 Å². The quantitative estimate of drug-likeness (QED) is 0.827. The molecule has 0 aromatic heterocycles. The van der Waals surface area contributed by atoms with E-state index in [0.29, 0.717) is 5.56 Å². The Kier molecular flexibility index (Phi) is 5.30. The van der Waals surface area contributed by atoms with E-state index in [-0.39, 0.29) is 11.9 Å². The van der Waals surface area contributed by atoms with E-state index in [1.807, 2.05) is 12.1 Å². The van der Waals surface area contributed by atoms with Crippen LogP contribution in [0.4, 0.5) is 0 Å². The molecular formula is C14H19BrN2OS. The summed E-state index contributed by atoms with van der Waals surface area (Å²) < 4.78 is 0.811. The van der Waals surface area contributed by atoms with Crippen molar-refractivity contribution in [2.75, 3.05) is 19.6 Å². The number of piperidine rings is 1. The van der Waals surface area contributed by atoms with Gasteiger partial charge in [-0.05, 0) is 60.1 Å². The maximum Gasteiger partial charge on any atom is 0.252 e. The molecule has 104 valence electrons. The second-order valence-corrected chi connectivity index (χ2v) is 6.24. The second kappa shape index (κ2) is 6.77. The van der Waals surface area contributed by atoms with Crippen molar-refractivity contribution in [1.82, 2.24) is 10.2 Å². The first-order chi connectivity index (χ1) is 9.10. The monoisotopic (exact) mass is 342 g/mol. The average molecular weight is 343 g/mol. The van der Waals surface area contributed by atoms with Crippen molar-refractivity contribution in [1.29, 1.82) is 0 Å². The first-order valence-corrected chi connectivity index (χ1v) is 7.86. The Labute approximate surface area is 128 Å². The van der Waals surface area contributed by atoms with Crippen LogP contribution < -0.4 is 5.32 Å². The molecule has 1 atom stereocenters. The van der Waals surface area contributed by atoms with Gasteiger partial charge in [0.15, 0.2) is 0 Å². The van der Waals surface area contributed by atoms with E-state index in [4.69, 9.17) is 0 Å². The number of likely N-dealkylation sites (N-methyl/N-ethyl adjacent to an activating group) is 1. The Hall–Kier alpha value is -0.520. The summed E-state index contributed by atoms with van der Waals surface area (Å²) in [6.07, 6.45) is 2.20. The smallest absolute Gasteiger partial charge is 0.252 e. The number of carbonyl (C=O) groups is 1. The predicted molar refractivity (Wildman–Crippen MR) is 84.0 cm³/mol. The number of amides is 1. The minimum atomic E-state index is -0.0225. The summed E-state index contributed by atoms with van der Waals surface area (Å²) in [6.45, 7) is 5.28. The summed E-state index contributed by atoms with van der Waals surface area (Å²) in [6, 6.07) is 5.76. The van der Waals surface area contributed by atoms with E-state index in [0.717, 1.165) is 41.8 Å². The third kappa shape index (κ3) is 3.97. The van der Waals surface area contributed by atoms with Gasteiger partial charge in [-0.3, -0.25) is 4.79 Å². The fourth-order valence-corrected chi connectivity index (χ4v) is 3.04. The number of nitrogens with zero attached hydrogens (tertiary/aromatic N) is 1. The minimum Gasteiger partial charge on any atom is -0.348 e. The largest absolute Gasteiger partial charge is 0.348 e. The Balaban J connectivity index is 2.02. The molecule has 0 spiro atoms. The summed E-state index contributed by atoms with van der Waals surface area (Å²) in [7, 11) is 0. The van der Waals surface area contributed by atoms with Crippen LogP contribution in [-0.4, -0.2) is 36.5 Å². The Morgan fingerprint density at radius 3 is 3.11 bits per heavy atom. The Bertz CT molecular complexity index is 467. The molecular weight excluding hydrogens is 324 g/mol. The number of nitrogens with one attached hydrogen (secondary N) is 1. The summed E-state index contributed by atoms with van der Waals surface area (Å²) in [5, 5.41) is 3.12. The summed E-state index contributed by atoms with van der Waals surface area (Å²) >= 11 is 7.70. The molecule has 1 aromatic rings. The van der Waals surface area contributed by atoms with E-state index < -0.39 is 0 Å². The van der Waals surface area contributed by atoms with Gasteiger partial charge in [-0.25, -0.2) is 0 Å². The molecule has 5 heteroatoms. The standard InChI is InChI=1S/C14H19BrN2OS/c1-2-17-7-3-4-10(9-17)16-14(18)12-8-11(19)5-6-13(12)15/h5-6,8,10,19H,2-4,7,9H2,1H3,(H,16,18). The molecule has 0 aliphatic carbocycles. The van der Waals surface area contributed by atoms with Crippen LogP contribution in [-0.2, 0) is 0 Å². The minimum absolute atomic E-state index is 0.0225. The molecule has 1 heterocycles. The zero-order chi connectivity index (χ0) is 13.8. The molecule has 1 aliphatic heterocycles. The van der Waals surface area contributed by atoms with E-state index in [1.54, 1.807) is 6.07 Å². The van der Waals surface area contributed by atoms with Crippen molar-refractivity contribution in [3.63, 3.8) is 0 Å². The van der Waals surface area contributed by atoms with Crippen LogP contribution in [0.1, 0.15) is 30.1 Å². The van der Waals surface area contributed by atoms with Gasteiger partial charge in [0.25, 0.3) is 5.91 Å². The summed E-state index contributed by atoms with van der Waals surface area (Å²) in [5.41, 5.74) is 0.654. The number of hydrogen-bond donors (Lipinski definition) is 2. The maximum absolute atomic E-state index is 12.3. The molecule has 0 saturated carbocycles. The van der Waals surface area contributed by atoms with Crippen LogP contribution in [0.5, 0.6) is 0 Å². The SMILES string of the molecule is CCN1CCCC(NC(=O)c2cc(S)ccc2Br)C1. The third-order valence-corrected chi connectivity index (χ3v) is 4.45. The molecule has 1 aliphatic rings. The van der Waals surface area contributed by atoms with Crippen LogP contribution >= 0.6 is 28.6 Å². The fourth-order valence-electron chi connectivity index (χ4n) is 2.41. The van der Waals surface area contributed by atoms with Gasteiger partial charge in [0.05, 0.1) is 5.56 Å². The first kappa shape index (κ1) is 14.9. The van der Waals surface area contributed by atoms with Gasteiger partial charge >= 0.3 is 0 Å². The molecule has 19 heavy (non-hydrogen) atoms. The maximum atomic E-state index is 12.3. The molecule has 1 fully saturated rings. The highest BCUT2D eigenvalue weighted by Crippen LogP contribution is 2.21. The van der Waals surface area contributed by atoms with Gasteiger partial charge in [-0.1, -0.05) is 6.92 Å². The molecule has 2 rings (SSSR count). The number of benzene rings is 1. The van der Waals surface area contributed by atoms with Crippen molar-refractivity contribution in [2.24, 2.45) is 0 Å². The summed E-state index contributed by atoms with van der Waals surface area (Å²) in [4.78, 5) is 15.5. The lowest BCUT2D eigenvalue weighted by Gasteiger charge is -2.32. The lowest BCUT2D eigenvalue weighted by Crippen LogP contribution is -2.47. The number of thiol groups is 1. The average Bonchev–Trinajstić information content (AvgIpc) is 2.41. The number of likely N-dealkylation sites (tertiary alicyclic amines) is 1. The number of hydrogen-bond acceptors (Lipinski definition) is 3. The number of carbonyl (C=O) groups excluding carboxylic acids is 1. The van der Waals surface area contributed by atoms with E-state index in [9.17, 15) is 4.79 Å². The predicted octanol–water partition coefficient (Wildman–Crippen LogP) is 2.95. The highest BCUT2D eigenvalue weighted by atomic mass is 79.9. The van der Waals surface area contributed by atoms with Crippen LogP contribution in [0.3, 0.4) is 0 Å². The highest BCUT2D eigenvalue weighted by molar-refractivity contribution is 9.10. The Morgan fingerprint density at radius 1 is 1.58 bits per heavy atom. The highest BCUT2D eigenvalue weighted by Gasteiger charge is 2.21. The van der Waals surface area contributed by atoms with Crippen molar-refractivity contribution in [3.8, 4) is 0 Å². The van der Waals surface area contributed by atoms with Crippen LogP contribution in [0.2, 0.25) is 0 Å². The second-order valence-electron chi connectivity index (χ2n) is 4.87. The van der Waals surface area contributed by atoms with Gasteiger partial charge < -0.3 is 10.2 Å². The zero-order valence-corrected chi connectivity index (χ0v) is 13.5. The summed E-state index contributed by atoms with van der Waals surface area (Å²) in [5.74, 6) is -0.0225. The molecule has 1 amide bonds. The van der Waals surface area contributed by atoms with Crippen molar-refractivity contribution < 1.29 is 4.79 Å². The fraction of sp³-hybridized carbons (Fsp3) is 0.500. The molecule has 1 N–H and O–H groups in total. The topological polar surface area (TPSA) is 32.3 Å². The van der Waals surface area contributed by atoms with Crippen LogP contribution in [0.25, 0.3) is 0 Å². The number of halogens is 1.